The number of nitrogens with zero attached hydrogens (tertiary/aromatic N) is 2. The van der Waals surface area contributed by atoms with E-state index in [0.29, 0.717) is 23.1 Å². The van der Waals surface area contributed by atoms with Gasteiger partial charge < -0.3 is 19.5 Å². The number of aliphatic hydroxyl groups is 1. The molecule has 0 unspecified atom stereocenters. The van der Waals surface area contributed by atoms with E-state index in [4.69, 9.17) is 21.1 Å². The molecule has 0 bridgehead atoms. The molecule has 0 radical (unpaired) electrons. The first-order valence-electron chi connectivity index (χ1n) is 8.60. The van der Waals surface area contributed by atoms with Crippen LogP contribution < -0.4 is 4.74 Å². The topological polar surface area (TPSA) is 71.9 Å². The Morgan fingerprint density at radius 1 is 1.27 bits per heavy atom. The minimum Gasteiger partial charge on any atom is -0.456 e. The third kappa shape index (κ3) is 3.53. The number of amides is 1. The van der Waals surface area contributed by atoms with Crippen molar-refractivity contribution >= 4 is 17.5 Å². The summed E-state index contributed by atoms with van der Waals surface area (Å²) in [4.78, 5) is 19.0. The molecule has 6 nitrogen and oxygen atoms in total. The van der Waals surface area contributed by atoms with Crippen LogP contribution in [-0.4, -0.2) is 52.3 Å². The maximum Gasteiger partial charge on any atom is 0.273 e. The van der Waals surface area contributed by atoms with Crippen molar-refractivity contribution in [1.29, 1.82) is 0 Å². The monoisotopic (exact) mass is 374 g/mol. The van der Waals surface area contributed by atoms with Gasteiger partial charge in [0.1, 0.15) is 17.2 Å². The molecule has 136 valence electrons. The molecule has 1 amide bonds. The Morgan fingerprint density at radius 2 is 2.08 bits per heavy atom. The van der Waals surface area contributed by atoms with Gasteiger partial charge in [-0.25, -0.2) is 0 Å². The molecule has 1 aromatic carbocycles. The highest BCUT2D eigenvalue weighted by molar-refractivity contribution is 6.32. The van der Waals surface area contributed by atoms with Crippen LogP contribution in [0.5, 0.6) is 11.5 Å². The van der Waals surface area contributed by atoms with Crippen LogP contribution in [-0.2, 0) is 4.74 Å². The predicted octanol–water partition coefficient (Wildman–Crippen LogP) is 2.89. The van der Waals surface area contributed by atoms with Gasteiger partial charge in [0.2, 0.25) is 0 Å². The van der Waals surface area contributed by atoms with Gasteiger partial charge in [0, 0.05) is 18.3 Å². The van der Waals surface area contributed by atoms with Crippen molar-refractivity contribution in [2.45, 2.75) is 31.0 Å². The van der Waals surface area contributed by atoms with Crippen LogP contribution in [0.2, 0.25) is 5.02 Å². The molecule has 7 heteroatoms. The molecule has 2 atom stereocenters. The van der Waals surface area contributed by atoms with Gasteiger partial charge in [0.15, 0.2) is 0 Å². The molecule has 2 heterocycles. The summed E-state index contributed by atoms with van der Waals surface area (Å²) in [6, 6.07) is 10.2. The second kappa shape index (κ2) is 7.23. The Bertz CT molecular complexity index is 812. The fourth-order valence-electron chi connectivity index (χ4n) is 3.12. The van der Waals surface area contributed by atoms with Crippen molar-refractivity contribution in [3.05, 3.63) is 53.3 Å². The average Bonchev–Trinajstić information content (AvgIpc) is 3.39. The molecule has 1 saturated heterocycles. The van der Waals surface area contributed by atoms with Gasteiger partial charge in [-0.05, 0) is 31.0 Å². The Morgan fingerprint density at radius 3 is 2.77 bits per heavy atom. The van der Waals surface area contributed by atoms with E-state index in [0.717, 1.165) is 12.8 Å². The van der Waals surface area contributed by atoms with Crippen LogP contribution in [0.1, 0.15) is 23.3 Å². The van der Waals surface area contributed by atoms with Crippen LogP contribution in [0, 0.1) is 0 Å². The zero-order chi connectivity index (χ0) is 18.1. The number of carbonyl (C=O) groups is 1. The van der Waals surface area contributed by atoms with E-state index in [1.54, 1.807) is 29.2 Å². The molecule has 2 fully saturated rings. The van der Waals surface area contributed by atoms with E-state index in [-0.39, 0.29) is 30.3 Å². The molecule has 4 rings (SSSR count). The third-order valence-corrected chi connectivity index (χ3v) is 4.88. The standard InChI is InChI=1S/C19H19ClN2O4/c20-14-3-1-2-4-18(14)26-13-7-8-21-15(9-13)19(24)22(12-5-6-12)16-10-25-11-17(16)23/h1-4,7-9,12,16-17,23H,5-6,10-11H2/t16-,17-/m1/s1. The first-order valence-corrected chi connectivity index (χ1v) is 8.98. The van der Waals surface area contributed by atoms with Crippen LogP contribution >= 0.6 is 11.6 Å². The number of halogens is 1. The largest absolute Gasteiger partial charge is 0.456 e. The van der Waals surface area contributed by atoms with E-state index in [9.17, 15) is 9.90 Å². The summed E-state index contributed by atoms with van der Waals surface area (Å²) in [7, 11) is 0. The Balaban J connectivity index is 1.57. The highest BCUT2D eigenvalue weighted by atomic mass is 35.5. The number of hydrogen-bond acceptors (Lipinski definition) is 5. The lowest BCUT2D eigenvalue weighted by atomic mass is 10.1. The predicted molar refractivity (Wildman–Crippen MR) is 95.6 cm³/mol. The fourth-order valence-corrected chi connectivity index (χ4v) is 3.29. The van der Waals surface area contributed by atoms with Crippen LogP contribution in [0.3, 0.4) is 0 Å². The van der Waals surface area contributed by atoms with Crippen molar-refractivity contribution in [3.8, 4) is 11.5 Å². The van der Waals surface area contributed by atoms with Gasteiger partial charge in [-0.15, -0.1) is 0 Å². The SMILES string of the molecule is O=C(c1cc(Oc2ccccc2Cl)ccn1)N(C1CC1)[C@@H]1COC[C@H]1O. The molecule has 1 aliphatic heterocycles. The highest BCUT2D eigenvalue weighted by Crippen LogP contribution is 2.33. The molecule has 1 aliphatic carbocycles. The number of aliphatic hydroxyl groups excluding tert-OH is 1. The third-order valence-electron chi connectivity index (χ3n) is 4.57. The quantitative estimate of drug-likeness (QED) is 0.871. The molecule has 2 aliphatic rings. The summed E-state index contributed by atoms with van der Waals surface area (Å²) in [5, 5.41) is 10.6. The lowest BCUT2D eigenvalue weighted by molar-refractivity contribution is 0.0473. The number of para-hydroxylation sites is 1. The number of pyridine rings is 1. The van der Waals surface area contributed by atoms with Gasteiger partial charge in [-0.3, -0.25) is 9.78 Å². The highest BCUT2D eigenvalue weighted by Gasteiger charge is 2.43. The van der Waals surface area contributed by atoms with Crippen molar-refractivity contribution in [1.82, 2.24) is 9.88 Å². The number of ether oxygens (including phenoxy) is 2. The molecular formula is C19H19ClN2O4. The molecule has 1 saturated carbocycles. The second-order valence-corrected chi connectivity index (χ2v) is 6.93. The molecule has 26 heavy (non-hydrogen) atoms. The summed E-state index contributed by atoms with van der Waals surface area (Å²) in [5.41, 5.74) is 0.278. The Labute approximate surface area is 156 Å². The van der Waals surface area contributed by atoms with Crippen molar-refractivity contribution < 1.29 is 19.4 Å². The van der Waals surface area contributed by atoms with Crippen molar-refractivity contribution in [2.75, 3.05) is 13.2 Å². The van der Waals surface area contributed by atoms with Crippen LogP contribution in [0.15, 0.2) is 42.6 Å². The summed E-state index contributed by atoms with van der Waals surface area (Å²) < 4.78 is 11.1. The van der Waals surface area contributed by atoms with E-state index in [2.05, 4.69) is 4.98 Å². The zero-order valence-electron chi connectivity index (χ0n) is 14.0. The minimum absolute atomic E-state index is 0.138. The number of aromatic nitrogens is 1. The Hall–Kier alpha value is -2.15. The Kier molecular flexibility index (Phi) is 4.80. The molecular weight excluding hydrogens is 356 g/mol. The fraction of sp³-hybridized carbons (Fsp3) is 0.368. The zero-order valence-corrected chi connectivity index (χ0v) is 14.8. The molecule has 1 aromatic heterocycles. The summed E-state index contributed by atoms with van der Waals surface area (Å²) in [5.74, 6) is 0.777. The maximum absolute atomic E-state index is 13.0. The van der Waals surface area contributed by atoms with Gasteiger partial charge >= 0.3 is 0 Å². The molecule has 1 N–H and O–H groups in total. The van der Waals surface area contributed by atoms with Crippen LogP contribution in [0.25, 0.3) is 0 Å². The number of benzene rings is 1. The molecule has 0 spiro atoms. The van der Waals surface area contributed by atoms with Gasteiger partial charge in [-0.2, -0.15) is 0 Å². The second-order valence-electron chi connectivity index (χ2n) is 6.53. The van der Waals surface area contributed by atoms with E-state index < -0.39 is 6.10 Å². The average molecular weight is 375 g/mol. The first kappa shape index (κ1) is 17.3. The van der Waals surface area contributed by atoms with Gasteiger partial charge in [0.25, 0.3) is 5.91 Å². The lowest BCUT2D eigenvalue weighted by Gasteiger charge is -2.29. The number of carbonyl (C=O) groups excluding carboxylic acids is 1. The lowest BCUT2D eigenvalue weighted by Crippen LogP contribution is -2.48. The first-order chi connectivity index (χ1) is 12.6. The summed E-state index contributed by atoms with van der Waals surface area (Å²) >= 11 is 6.12. The van der Waals surface area contributed by atoms with E-state index >= 15 is 0 Å². The summed E-state index contributed by atoms with van der Waals surface area (Å²) in [6.45, 7) is 0.601. The number of rotatable bonds is 5. The number of hydrogen-bond donors (Lipinski definition) is 1. The van der Waals surface area contributed by atoms with Gasteiger partial charge in [-0.1, -0.05) is 23.7 Å². The van der Waals surface area contributed by atoms with Crippen LogP contribution in [0.4, 0.5) is 0 Å². The van der Waals surface area contributed by atoms with E-state index in [1.165, 1.54) is 6.20 Å². The smallest absolute Gasteiger partial charge is 0.273 e. The normalized spacial score (nSPS) is 22.2. The maximum atomic E-state index is 13.0. The van der Waals surface area contributed by atoms with Crippen molar-refractivity contribution in [3.63, 3.8) is 0 Å². The van der Waals surface area contributed by atoms with Gasteiger partial charge in [0.05, 0.1) is 30.4 Å². The molecule has 2 aromatic rings. The summed E-state index contributed by atoms with van der Waals surface area (Å²) in [6.07, 6.45) is 2.74. The van der Waals surface area contributed by atoms with Crippen molar-refractivity contribution in [2.24, 2.45) is 0 Å². The van der Waals surface area contributed by atoms with E-state index in [1.807, 2.05) is 12.1 Å². The minimum atomic E-state index is -0.665.